The third-order valence-corrected chi connectivity index (χ3v) is 3.07. The number of rotatable bonds is 5. The summed E-state index contributed by atoms with van der Waals surface area (Å²) in [4.78, 5) is 12.0. The van der Waals surface area contributed by atoms with E-state index in [9.17, 15) is 18.0 Å². The van der Waals surface area contributed by atoms with Gasteiger partial charge in [-0.1, -0.05) is 6.92 Å². The van der Waals surface area contributed by atoms with E-state index in [4.69, 9.17) is 5.11 Å². The summed E-state index contributed by atoms with van der Waals surface area (Å²) >= 11 is 3.06. The number of carboxylic acid groups (broad SMARTS) is 1. The van der Waals surface area contributed by atoms with Gasteiger partial charge in [-0.25, -0.2) is 4.79 Å². The number of aromatic carboxylic acids is 1. The molecule has 0 atom stereocenters. The van der Waals surface area contributed by atoms with Gasteiger partial charge < -0.3 is 10.0 Å². The predicted molar refractivity (Wildman–Crippen MR) is 69.7 cm³/mol. The summed E-state index contributed by atoms with van der Waals surface area (Å²) in [6.07, 6.45) is -3.73. The molecule has 0 unspecified atom stereocenters. The van der Waals surface area contributed by atoms with E-state index >= 15 is 0 Å². The summed E-state index contributed by atoms with van der Waals surface area (Å²) in [7, 11) is 0. The van der Waals surface area contributed by atoms with Crippen molar-refractivity contribution in [2.45, 2.75) is 19.5 Å². The fraction of sp³-hybridized carbons (Fsp3) is 0.417. The van der Waals surface area contributed by atoms with Crippen LogP contribution in [0.4, 0.5) is 18.9 Å². The molecule has 0 heterocycles. The second-order valence-corrected chi connectivity index (χ2v) is 4.86. The summed E-state index contributed by atoms with van der Waals surface area (Å²) < 4.78 is 37.7. The molecule has 3 nitrogen and oxygen atoms in total. The van der Waals surface area contributed by atoms with Gasteiger partial charge in [-0.05, 0) is 40.5 Å². The van der Waals surface area contributed by atoms with Crippen LogP contribution in [0.25, 0.3) is 0 Å². The molecule has 1 aromatic carbocycles. The van der Waals surface area contributed by atoms with Crippen LogP contribution in [0, 0.1) is 0 Å². The number of alkyl halides is 3. The van der Waals surface area contributed by atoms with Crippen molar-refractivity contribution < 1.29 is 23.1 Å². The Hall–Kier alpha value is -1.24. The van der Waals surface area contributed by atoms with Crippen molar-refractivity contribution in [2.75, 3.05) is 18.0 Å². The maximum absolute atomic E-state index is 12.5. The Labute approximate surface area is 117 Å². The van der Waals surface area contributed by atoms with Gasteiger partial charge >= 0.3 is 12.1 Å². The molecule has 1 aromatic rings. The molecule has 0 fully saturated rings. The molecule has 0 amide bonds. The Balaban J connectivity index is 3.03. The molecule has 0 aliphatic heterocycles. The molecule has 1 N–H and O–H groups in total. The molecule has 0 saturated heterocycles. The normalized spacial score (nSPS) is 11.4. The van der Waals surface area contributed by atoms with Gasteiger partial charge in [0, 0.05) is 16.7 Å². The second-order valence-electron chi connectivity index (χ2n) is 4.01. The fourth-order valence-corrected chi connectivity index (χ4v) is 2.20. The van der Waals surface area contributed by atoms with Crippen molar-refractivity contribution in [3.63, 3.8) is 0 Å². The van der Waals surface area contributed by atoms with Gasteiger partial charge in [0.05, 0.1) is 5.56 Å². The highest BCUT2D eigenvalue weighted by atomic mass is 79.9. The Bertz CT molecular complexity index is 463. The van der Waals surface area contributed by atoms with Gasteiger partial charge in [-0.15, -0.1) is 0 Å². The Kier molecular flexibility index (Phi) is 5.22. The van der Waals surface area contributed by atoms with Crippen LogP contribution in [0.1, 0.15) is 23.7 Å². The summed E-state index contributed by atoms with van der Waals surface area (Å²) in [5.74, 6) is -1.13. The van der Waals surface area contributed by atoms with Crippen molar-refractivity contribution in [1.82, 2.24) is 0 Å². The summed E-state index contributed by atoms with van der Waals surface area (Å²) in [5, 5.41) is 8.86. The molecule has 0 aromatic heterocycles. The molecular weight excluding hydrogens is 327 g/mol. The number of carboxylic acids is 1. The van der Waals surface area contributed by atoms with E-state index < -0.39 is 18.7 Å². The molecule has 0 aliphatic carbocycles. The van der Waals surface area contributed by atoms with Crippen molar-refractivity contribution in [2.24, 2.45) is 0 Å². The van der Waals surface area contributed by atoms with Crippen LogP contribution in [-0.4, -0.2) is 30.3 Å². The topological polar surface area (TPSA) is 40.5 Å². The van der Waals surface area contributed by atoms with Crippen molar-refractivity contribution in [1.29, 1.82) is 0 Å². The molecule has 0 radical (unpaired) electrons. The first-order chi connectivity index (χ1) is 8.74. The van der Waals surface area contributed by atoms with Crippen LogP contribution in [0.5, 0.6) is 0 Å². The van der Waals surface area contributed by atoms with E-state index in [2.05, 4.69) is 15.9 Å². The minimum absolute atomic E-state index is 0.0206. The van der Waals surface area contributed by atoms with Gasteiger partial charge in [0.25, 0.3) is 0 Å². The number of halogens is 4. The van der Waals surface area contributed by atoms with Gasteiger partial charge in [0.2, 0.25) is 0 Å². The molecule has 1 rings (SSSR count). The average Bonchev–Trinajstić information content (AvgIpc) is 2.26. The SMILES string of the molecule is CCCN(CC(F)(F)F)c1ccc(C(=O)O)c(Br)c1. The molecule has 0 aliphatic rings. The maximum atomic E-state index is 12.5. The van der Waals surface area contributed by atoms with E-state index in [-0.39, 0.29) is 16.6 Å². The first-order valence-electron chi connectivity index (χ1n) is 5.59. The van der Waals surface area contributed by atoms with Crippen molar-refractivity contribution >= 4 is 27.6 Å². The smallest absolute Gasteiger partial charge is 0.405 e. The molecule has 19 heavy (non-hydrogen) atoms. The second kappa shape index (κ2) is 6.27. The van der Waals surface area contributed by atoms with Gasteiger partial charge in [0.15, 0.2) is 0 Å². The first kappa shape index (κ1) is 15.8. The highest BCUT2D eigenvalue weighted by Gasteiger charge is 2.30. The van der Waals surface area contributed by atoms with Crippen LogP contribution in [0.3, 0.4) is 0 Å². The van der Waals surface area contributed by atoms with Gasteiger partial charge in [-0.3, -0.25) is 0 Å². The lowest BCUT2D eigenvalue weighted by Gasteiger charge is -2.25. The molecule has 0 saturated carbocycles. The molecular formula is C12H13BrF3NO2. The van der Waals surface area contributed by atoms with E-state index in [1.165, 1.54) is 23.1 Å². The van der Waals surface area contributed by atoms with Crippen molar-refractivity contribution in [3.8, 4) is 0 Å². The van der Waals surface area contributed by atoms with Crippen LogP contribution in [-0.2, 0) is 0 Å². The summed E-state index contributed by atoms with van der Waals surface area (Å²) in [5.41, 5.74) is 0.364. The lowest BCUT2D eigenvalue weighted by molar-refractivity contribution is -0.119. The molecule has 7 heteroatoms. The number of benzene rings is 1. The minimum Gasteiger partial charge on any atom is -0.478 e. The first-order valence-corrected chi connectivity index (χ1v) is 6.38. The lowest BCUT2D eigenvalue weighted by Crippen LogP contribution is -2.34. The van der Waals surface area contributed by atoms with E-state index in [1.807, 2.05) is 0 Å². The van der Waals surface area contributed by atoms with Gasteiger partial charge in [0.1, 0.15) is 6.54 Å². The monoisotopic (exact) mass is 339 g/mol. The highest BCUT2D eigenvalue weighted by Crippen LogP contribution is 2.27. The zero-order chi connectivity index (χ0) is 14.6. The maximum Gasteiger partial charge on any atom is 0.405 e. The zero-order valence-corrected chi connectivity index (χ0v) is 11.8. The fourth-order valence-electron chi connectivity index (χ4n) is 1.66. The van der Waals surface area contributed by atoms with Crippen molar-refractivity contribution in [3.05, 3.63) is 28.2 Å². The Morgan fingerprint density at radius 1 is 1.42 bits per heavy atom. The predicted octanol–water partition coefficient (Wildman–Crippen LogP) is 3.93. The lowest BCUT2D eigenvalue weighted by atomic mass is 10.2. The quantitative estimate of drug-likeness (QED) is 0.883. The Morgan fingerprint density at radius 3 is 2.47 bits per heavy atom. The zero-order valence-electron chi connectivity index (χ0n) is 10.2. The Morgan fingerprint density at radius 2 is 2.05 bits per heavy atom. The summed E-state index contributed by atoms with van der Waals surface area (Å²) in [6, 6.07) is 4.07. The summed E-state index contributed by atoms with van der Waals surface area (Å²) in [6.45, 7) is 0.974. The molecule has 0 spiro atoms. The molecule has 106 valence electrons. The van der Waals surface area contributed by atoms with Crippen LogP contribution >= 0.6 is 15.9 Å². The standard InChI is InChI=1S/C12H13BrF3NO2/c1-2-5-17(7-12(14,15)16)8-3-4-9(11(18)19)10(13)6-8/h3-4,6H,2,5,7H2,1H3,(H,18,19). The number of carbonyl (C=O) groups is 1. The van der Waals surface area contributed by atoms with E-state index in [0.29, 0.717) is 12.1 Å². The molecule has 0 bridgehead atoms. The highest BCUT2D eigenvalue weighted by molar-refractivity contribution is 9.10. The van der Waals surface area contributed by atoms with E-state index in [1.54, 1.807) is 6.92 Å². The van der Waals surface area contributed by atoms with Crippen LogP contribution < -0.4 is 4.90 Å². The minimum atomic E-state index is -4.30. The van der Waals surface area contributed by atoms with Crippen LogP contribution in [0.15, 0.2) is 22.7 Å². The number of hydrogen-bond donors (Lipinski definition) is 1. The van der Waals surface area contributed by atoms with Crippen LogP contribution in [0.2, 0.25) is 0 Å². The van der Waals surface area contributed by atoms with E-state index in [0.717, 1.165) is 0 Å². The third kappa shape index (κ3) is 4.74. The van der Waals surface area contributed by atoms with Gasteiger partial charge in [-0.2, -0.15) is 13.2 Å². The number of nitrogens with zero attached hydrogens (tertiary/aromatic N) is 1. The number of anilines is 1. The third-order valence-electron chi connectivity index (χ3n) is 2.41. The number of hydrogen-bond acceptors (Lipinski definition) is 2. The largest absolute Gasteiger partial charge is 0.478 e. The average molecular weight is 340 g/mol.